The molecule has 4 aromatic rings. The Morgan fingerprint density at radius 3 is 2.40 bits per heavy atom. The molecule has 2 aromatic heterocycles. The highest BCUT2D eigenvalue weighted by Gasteiger charge is 2.17. The topological polar surface area (TPSA) is 32.9 Å². The number of hydrogen-bond acceptors (Lipinski definition) is 3. The molecule has 0 saturated carbocycles. The van der Waals surface area contributed by atoms with Gasteiger partial charge in [0.1, 0.15) is 11.3 Å². The number of benzene rings is 2. The lowest BCUT2D eigenvalue weighted by Gasteiger charge is -2.36. The van der Waals surface area contributed by atoms with E-state index in [9.17, 15) is 9.18 Å². The molecule has 30 heavy (non-hydrogen) atoms. The van der Waals surface area contributed by atoms with Gasteiger partial charge in [0.05, 0.1) is 11.0 Å². The van der Waals surface area contributed by atoms with Gasteiger partial charge >= 0.3 is 0 Å². The Hall–Kier alpha value is -3.12. The predicted molar refractivity (Wildman–Crippen MR) is 119 cm³/mol. The summed E-state index contributed by atoms with van der Waals surface area (Å²) in [5, 5.41) is 0. The molecule has 0 spiro atoms. The van der Waals surface area contributed by atoms with E-state index >= 15 is 0 Å². The second-order valence-corrected chi connectivity index (χ2v) is 7.87. The Kier molecular flexibility index (Phi) is 5.01. The van der Waals surface area contributed by atoms with Crippen molar-refractivity contribution in [2.75, 3.05) is 37.6 Å². The molecule has 1 aliphatic rings. The third kappa shape index (κ3) is 3.48. The molecule has 1 aliphatic heterocycles. The number of anilines is 1. The lowest BCUT2D eigenvalue weighted by molar-refractivity contribution is 0.250. The number of aryl methyl sites for hydroxylation is 1. The first-order valence-electron chi connectivity index (χ1n) is 10.5. The molecule has 1 saturated heterocycles. The third-order valence-corrected chi connectivity index (χ3v) is 6.05. The lowest BCUT2D eigenvalue weighted by Crippen LogP contribution is -2.46. The molecule has 1 fully saturated rings. The fourth-order valence-corrected chi connectivity index (χ4v) is 4.47. The molecule has 0 bridgehead atoms. The first-order valence-corrected chi connectivity index (χ1v) is 10.5. The number of aromatic nitrogens is 2. The van der Waals surface area contributed by atoms with Gasteiger partial charge in [-0.1, -0.05) is 18.2 Å². The van der Waals surface area contributed by atoms with Gasteiger partial charge in [0.15, 0.2) is 0 Å². The maximum atomic E-state index is 13.8. The average molecular weight is 404 g/mol. The third-order valence-electron chi connectivity index (χ3n) is 6.05. The van der Waals surface area contributed by atoms with Crippen molar-refractivity contribution in [2.45, 2.75) is 13.0 Å². The van der Waals surface area contributed by atoms with Crippen molar-refractivity contribution in [3.8, 4) is 0 Å². The molecule has 2 aromatic carbocycles. The van der Waals surface area contributed by atoms with Gasteiger partial charge in [-0.25, -0.2) is 4.39 Å². The van der Waals surface area contributed by atoms with Crippen molar-refractivity contribution in [1.29, 1.82) is 0 Å². The average Bonchev–Trinajstić information content (AvgIpc) is 3.28. The molecule has 0 atom stereocenters. The number of rotatable bonds is 5. The number of piperazine rings is 1. The second-order valence-electron chi connectivity index (χ2n) is 7.87. The van der Waals surface area contributed by atoms with E-state index in [2.05, 4.69) is 34.1 Å². The van der Waals surface area contributed by atoms with Crippen LogP contribution in [0.25, 0.3) is 16.6 Å². The highest BCUT2D eigenvalue weighted by atomic mass is 19.1. The van der Waals surface area contributed by atoms with Crippen LogP contribution in [0.4, 0.5) is 10.1 Å². The molecule has 0 N–H and O–H groups in total. The quantitative estimate of drug-likeness (QED) is 0.510. The first kappa shape index (κ1) is 18.9. The van der Waals surface area contributed by atoms with Gasteiger partial charge in [-0.2, -0.15) is 0 Å². The number of nitrogens with zero attached hydrogens (tertiary/aromatic N) is 4. The molecule has 3 heterocycles. The Bertz CT molecular complexity index is 1220. The number of hydrogen-bond donors (Lipinski definition) is 0. The van der Waals surface area contributed by atoms with Crippen LogP contribution in [0.15, 0.2) is 71.7 Å². The van der Waals surface area contributed by atoms with Crippen LogP contribution in [0, 0.1) is 5.82 Å². The van der Waals surface area contributed by atoms with Gasteiger partial charge < -0.3 is 13.9 Å². The van der Waals surface area contributed by atoms with E-state index in [1.54, 1.807) is 21.1 Å². The summed E-state index contributed by atoms with van der Waals surface area (Å²) in [5.74, 6) is -0.293. The highest BCUT2D eigenvalue weighted by molar-refractivity contribution is 5.79. The van der Waals surface area contributed by atoms with Crippen LogP contribution in [0.2, 0.25) is 0 Å². The van der Waals surface area contributed by atoms with Gasteiger partial charge in [-0.05, 0) is 55.4 Å². The number of fused-ring (bicyclic) bond motifs is 3. The molecule has 0 amide bonds. The molecule has 0 aliphatic carbocycles. The van der Waals surface area contributed by atoms with Gasteiger partial charge in [0, 0.05) is 44.6 Å². The first-order chi connectivity index (χ1) is 14.7. The van der Waals surface area contributed by atoms with Crippen LogP contribution in [0.1, 0.15) is 6.42 Å². The van der Waals surface area contributed by atoms with E-state index in [0.29, 0.717) is 12.1 Å². The fraction of sp³-hybridized carbons (Fsp3) is 0.292. The smallest absolute Gasteiger partial charge is 0.275 e. The van der Waals surface area contributed by atoms with Crippen LogP contribution < -0.4 is 10.5 Å². The molecule has 5 nitrogen and oxygen atoms in total. The Labute approximate surface area is 174 Å². The van der Waals surface area contributed by atoms with E-state index in [4.69, 9.17) is 0 Å². The second kappa shape index (κ2) is 7.95. The maximum Gasteiger partial charge on any atom is 0.275 e. The monoisotopic (exact) mass is 404 g/mol. The van der Waals surface area contributed by atoms with Crippen molar-refractivity contribution in [3.05, 3.63) is 83.0 Å². The van der Waals surface area contributed by atoms with Crippen LogP contribution >= 0.6 is 0 Å². The normalized spacial score (nSPS) is 15.3. The van der Waals surface area contributed by atoms with E-state index in [1.807, 2.05) is 18.3 Å². The zero-order valence-corrected chi connectivity index (χ0v) is 16.9. The Morgan fingerprint density at radius 2 is 1.60 bits per heavy atom. The predicted octanol–water partition coefficient (Wildman–Crippen LogP) is 3.61. The summed E-state index contributed by atoms with van der Waals surface area (Å²) in [7, 11) is 0. The molecule has 0 unspecified atom stereocenters. The summed E-state index contributed by atoms with van der Waals surface area (Å²) < 4.78 is 17.4. The summed E-state index contributed by atoms with van der Waals surface area (Å²) in [5.41, 5.74) is 3.35. The summed E-state index contributed by atoms with van der Waals surface area (Å²) in [6.07, 6.45) is 2.70. The van der Waals surface area contributed by atoms with E-state index < -0.39 is 0 Å². The minimum Gasteiger partial charge on any atom is -0.369 e. The molecule has 5 rings (SSSR count). The van der Waals surface area contributed by atoms with Gasteiger partial charge in [-0.3, -0.25) is 9.69 Å². The Balaban J connectivity index is 1.28. The van der Waals surface area contributed by atoms with Crippen LogP contribution in [0.5, 0.6) is 0 Å². The zero-order chi connectivity index (χ0) is 20.5. The maximum absolute atomic E-state index is 13.8. The van der Waals surface area contributed by atoms with Crippen molar-refractivity contribution in [2.24, 2.45) is 0 Å². The Morgan fingerprint density at radius 1 is 0.800 bits per heavy atom. The highest BCUT2D eigenvalue weighted by Crippen LogP contribution is 2.18. The van der Waals surface area contributed by atoms with Gasteiger partial charge in [-0.15, -0.1) is 0 Å². The van der Waals surface area contributed by atoms with Gasteiger partial charge in [0.25, 0.3) is 5.56 Å². The van der Waals surface area contributed by atoms with E-state index in [0.717, 1.165) is 50.2 Å². The fourth-order valence-electron chi connectivity index (χ4n) is 4.47. The van der Waals surface area contributed by atoms with Crippen molar-refractivity contribution in [3.63, 3.8) is 0 Å². The van der Waals surface area contributed by atoms with Crippen LogP contribution in [-0.4, -0.2) is 46.6 Å². The molecule has 6 heteroatoms. The molecule has 0 radical (unpaired) electrons. The lowest BCUT2D eigenvalue weighted by atomic mass is 10.2. The van der Waals surface area contributed by atoms with Crippen LogP contribution in [-0.2, 0) is 6.54 Å². The van der Waals surface area contributed by atoms with Gasteiger partial charge in [0.2, 0.25) is 0 Å². The minimum atomic E-state index is -0.293. The van der Waals surface area contributed by atoms with Crippen LogP contribution in [0.3, 0.4) is 0 Å². The van der Waals surface area contributed by atoms with E-state index in [-0.39, 0.29) is 11.4 Å². The number of para-hydroxylation sites is 1. The standard InChI is InChI=1S/C24H25FN4O/c25-19-9-10-21-23(18-19)28-12-4-8-22(28)24(30)29(21)13-5-11-26-14-16-27(17-15-26)20-6-2-1-3-7-20/h1-4,6-10,12,18H,5,11,13-17H2. The molecule has 154 valence electrons. The van der Waals surface area contributed by atoms with E-state index in [1.165, 1.54) is 17.8 Å². The summed E-state index contributed by atoms with van der Waals surface area (Å²) in [4.78, 5) is 17.9. The van der Waals surface area contributed by atoms with Crippen molar-refractivity contribution >= 4 is 22.2 Å². The molecular formula is C24H25FN4O. The number of halogens is 1. The SMILES string of the molecule is O=c1c2cccn2c2cc(F)ccc2n1CCCN1CCN(c2ccccc2)CC1. The van der Waals surface area contributed by atoms with Crippen molar-refractivity contribution < 1.29 is 4.39 Å². The van der Waals surface area contributed by atoms with Crippen molar-refractivity contribution in [1.82, 2.24) is 13.9 Å². The molecular weight excluding hydrogens is 379 g/mol. The summed E-state index contributed by atoms with van der Waals surface area (Å²) in [6.45, 7) is 5.65. The summed E-state index contributed by atoms with van der Waals surface area (Å²) >= 11 is 0. The zero-order valence-electron chi connectivity index (χ0n) is 16.9. The summed E-state index contributed by atoms with van der Waals surface area (Å²) in [6, 6.07) is 18.8. The minimum absolute atomic E-state index is 0.0204. The largest absolute Gasteiger partial charge is 0.369 e.